The minimum absolute atomic E-state index is 0.100. The molecule has 0 radical (unpaired) electrons. The first-order valence-corrected chi connectivity index (χ1v) is 6.69. The molecule has 0 amide bonds. The highest BCUT2D eigenvalue weighted by Crippen LogP contribution is 2.30. The number of rotatable bonds is 5. The van der Waals surface area contributed by atoms with E-state index in [1.165, 1.54) is 0 Å². The van der Waals surface area contributed by atoms with E-state index in [0.717, 1.165) is 12.8 Å². The Labute approximate surface area is 108 Å². The van der Waals surface area contributed by atoms with Crippen molar-refractivity contribution in [3.05, 3.63) is 12.2 Å². The van der Waals surface area contributed by atoms with Gasteiger partial charge in [-0.15, -0.1) is 0 Å². The Hall–Kier alpha value is -0.590. The van der Waals surface area contributed by atoms with E-state index in [0.29, 0.717) is 12.2 Å². The zero-order chi connectivity index (χ0) is 13.7. The van der Waals surface area contributed by atoms with Crippen LogP contribution in [0.25, 0.3) is 0 Å². The van der Waals surface area contributed by atoms with Crippen molar-refractivity contribution in [3.8, 4) is 0 Å². The quantitative estimate of drug-likeness (QED) is 0.615. The van der Waals surface area contributed by atoms with Crippen LogP contribution in [0.3, 0.4) is 0 Å². The van der Waals surface area contributed by atoms with E-state index in [2.05, 4.69) is 47.6 Å². The maximum atomic E-state index is 12.3. The van der Waals surface area contributed by atoms with Gasteiger partial charge in [0.05, 0.1) is 0 Å². The Morgan fingerprint density at radius 1 is 1.06 bits per heavy atom. The third-order valence-corrected chi connectivity index (χ3v) is 2.67. The van der Waals surface area contributed by atoms with Gasteiger partial charge in [-0.1, -0.05) is 53.7 Å². The van der Waals surface area contributed by atoms with E-state index in [4.69, 9.17) is 0 Å². The molecule has 0 saturated heterocycles. The summed E-state index contributed by atoms with van der Waals surface area (Å²) < 4.78 is 0. The van der Waals surface area contributed by atoms with Gasteiger partial charge in [0.2, 0.25) is 0 Å². The largest absolute Gasteiger partial charge is 0.299 e. The number of hydrogen-bond acceptors (Lipinski definition) is 1. The van der Waals surface area contributed by atoms with Crippen molar-refractivity contribution < 1.29 is 4.79 Å². The number of hydrogen-bond donors (Lipinski definition) is 0. The number of Topliss-reactive ketones (excluding diaryl/α,β-unsaturated/α-hetero) is 1. The van der Waals surface area contributed by atoms with Gasteiger partial charge in [-0.2, -0.15) is 0 Å². The van der Waals surface area contributed by atoms with Crippen LogP contribution < -0.4 is 0 Å². The van der Waals surface area contributed by atoms with Crippen molar-refractivity contribution in [2.24, 2.45) is 16.7 Å². The lowest BCUT2D eigenvalue weighted by atomic mass is 9.77. The van der Waals surface area contributed by atoms with E-state index >= 15 is 0 Å². The van der Waals surface area contributed by atoms with Crippen LogP contribution >= 0.6 is 0 Å². The lowest BCUT2D eigenvalue weighted by Crippen LogP contribution is -2.24. The molecule has 1 unspecified atom stereocenters. The van der Waals surface area contributed by atoms with Crippen molar-refractivity contribution >= 4 is 5.78 Å². The molecule has 0 rings (SSSR count). The first kappa shape index (κ1) is 16.4. The summed E-state index contributed by atoms with van der Waals surface area (Å²) in [6, 6.07) is 0. The van der Waals surface area contributed by atoms with Crippen LogP contribution in [0.1, 0.15) is 67.7 Å². The molecule has 1 atom stereocenters. The fourth-order valence-electron chi connectivity index (χ4n) is 2.04. The normalized spacial score (nSPS) is 15.2. The second-order valence-electron chi connectivity index (χ2n) is 7.47. The minimum atomic E-state index is 0.100. The fourth-order valence-corrected chi connectivity index (χ4v) is 2.04. The lowest BCUT2D eigenvalue weighted by Gasteiger charge is -2.27. The molecule has 0 aliphatic carbocycles. The maximum absolute atomic E-state index is 12.3. The molecule has 1 nitrogen and oxygen atoms in total. The van der Waals surface area contributed by atoms with Crippen LogP contribution in [0.15, 0.2) is 12.2 Å². The topological polar surface area (TPSA) is 17.1 Å². The Morgan fingerprint density at radius 3 is 1.94 bits per heavy atom. The molecule has 0 heterocycles. The van der Waals surface area contributed by atoms with Crippen molar-refractivity contribution in [1.82, 2.24) is 0 Å². The molecule has 100 valence electrons. The van der Waals surface area contributed by atoms with Crippen molar-refractivity contribution in [2.45, 2.75) is 67.7 Å². The van der Waals surface area contributed by atoms with Crippen molar-refractivity contribution in [3.63, 3.8) is 0 Å². The van der Waals surface area contributed by atoms with Crippen LogP contribution in [0.5, 0.6) is 0 Å². The Morgan fingerprint density at radius 2 is 1.59 bits per heavy atom. The monoisotopic (exact) mass is 238 g/mol. The Balaban J connectivity index is 4.62. The molecule has 0 saturated carbocycles. The first-order chi connectivity index (χ1) is 7.55. The van der Waals surface area contributed by atoms with E-state index in [-0.39, 0.29) is 16.7 Å². The van der Waals surface area contributed by atoms with E-state index in [1.54, 1.807) is 0 Å². The third kappa shape index (κ3) is 9.14. The van der Waals surface area contributed by atoms with Gasteiger partial charge in [0.1, 0.15) is 5.78 Å². The first-order valence-electron chi connectivity index (χ1n) is 6.69. The summed E-state index contributed by atoms with van der Waals surface area (Å²) in [4.78, 5) is 12.3. The number of carbonyl (C=O) groups is 1. The smallest absolute Gasteiger partial charge is 0.136 e. The molecule has 0 N–H and O–H groups in total. The van der Waals surface area contributed by atoms with Crippen LogP contribution in [0, 0.1) is 16.7 Å². The summed E-state index contributed by atoms with van der Waals surface area (Å²) in [5.41, 5.74) is 0.322. The highest BCUT2D eigenvalue weighted by molar-refractivity contribution is 5.81. The van der Waals surface area contributed by atoms with Crippen LogP contribution in [0.4, 0.5) is 0 Å². The molecule has 1 heteroatoms. The zero-order valence-electron chi connectivity index (χ0n) is 12.8. The van der Waals surface area contributed by atoms with E-state index in [1.807, 2.05) is 13.0 Å². The predicted octanol–water partition coefficient (Wildman–Crippen LogP) is 5.01. The van der Waals surface area contributed by atoms with Gasteiger partial charge in [0, 0.05) is 12.3 Å². The van der Waals surface area contributed by atoms with Crippen LogP contribution in [-0.2, 0) is 4.79 Å². The maximum Gasteiger partial charge on any atom is 0.136 e. The van der Waals surface area contributed by atoms with Gasteiger partial charge in [0.25, 0.3) is 0 Å². The second-order valence-corrected chi connectivity index (χ2v) is 7.47. The average Bonchev–Trinajstić information content (AvgIpc) is 2.07. The summed E-state index contributed by atoms with van der Waals surface area (Å²) in [5, 5.41) is 0. The van der Waals surface area contributed by atoms with Crippen molar-refractivity contribution in [1.29, 1.82) is 0 Å². The molecule has 0 aromatic rings. The summed E-state index contributed by atoms with van der Waals surface area (Å²) in [7, 11) is 0. The summed E-state index contributed by atoms with van der Waals surface area (Å²) in [6.45, 7) is 15.0. The van der Waals surface area contributed by atoms with Crippen LogP contribution in [0.2, 0.25) is 0 Å². The van der Waals surface area contributed by atoms with Gasteiger partial charge in [-0.25, -0.2) is 0 Å². The predicted molar refractivity (Wildman–Crippen MR) is 76.1 cm³/mol. The molecule has 0 aromatic heterocycles. The number of allylic oxidation sites excluding steroid dienone is 2. The Kier molecular flexibility index (Phi) is 6.15. The molecule has 17 heavy (non-hydrogen) atoms. The van der Waals surface area contributed by atoms with Crippen molar-refractivity contribution in [2.75, 3.05) is 0 Å². The lowest BCUT2D eigenvalue weighted by molar-refractivity contribution is -0.125. The molecule has 0 fully saturated rings. The zero-order valence-corrected chi connectivity index (χ0v) is 12.8. The minimum Gasteiger partial charge on any atom is -0.299 e. The van der Waals surface area contributed by atoms with Gasteiger partial charge >= 0.3 is 0 Å². The molecular weight excluding hydrogens is 208 g/mol. The molecular formula is C16H30O. The van der Waals surface area contributed by atoms with Crippen LogP contribution in [-0.4, -0.2) is 5.78 Å². The number of carbonyl (C=O) groups excluding carboxylic acids is 1. The van der Waals surface area contributed by atoms with Gasteiger partial charge in [-0.05, 0) is 30.6 Å². The van der Waals surface area contributed by atoms with Gasteiger partial charge in [0.15, 0.2) is 0 Å². The molecule has 0 aliphatic rings. The highest BCUT2D eigenvalue weighted by atomic mass is 16.1. The summed E-state index contributed by atoms with van der Waals surface area (Å²) in [6.07, 6.45) is 6.72. The number of ketones is 1. The van der Waals surface area contributed by atoms with Gasteiger partial charge < -0.3 is 0 Å². The SMILES string of the molecule is C/C=C/CC(CC(C)(C)C)C(=O)CC(C)(C)C. The highest BCUT2D eigenvalue weighted by Gasteiger charge is 2.26. The standard InChI is InChI=1S/C16H30O/c1-8-9-10-13(11-15(2,3)4)14(17)12-16(5,6)7/h8-9,13H,10-12H2,1-7H3/b9-8+. The molecule has 0 bridgehead atoms. The molecule has 0 aromatic carbocycles. The van der Waals surface area contributed by atoms with Gasteiger partial charge in [-0.3, -0.25) is 4.79 Å². The molecule has 0 aliphatic heterocycles. The third-order valence-electron chi connectivity index (χ3n) is 2.67. The average molecular weight is 238 g/mol. The fraction of sp³-hybridized carbons (Fsp3) is 0.812. The summed E-state index contributed by atoms with van der Waals surface area (Å²) >= 11 is 0. The summed E-state index contributed by atoms with van der Waals surface area (Å²) in [5.74, 6) is 0.607. The van der Waals surface area contributed by atoms with E-state index in [9.17, 15) is 4.79 Å². The van der Waals surface area contributed by atoms with E-state index < -0.39 is 0 Å². The second kappa shape index (κ2) is 6.37. The Bertz CT molecular complexity index is 260. The molecule has 0 spiro atoms.